The average molecular weight is 246 g/mol. The molecule has 1 unspecified atom stereocenters. The predicted molar refractivity (Wildman–Crippen MR) is 67.4 cm³/mol. The summed E-state index contributed by atoms with van der Waals surface area (Å²) in [6.07, 6.45) is 3.11. The maximum Gasteiger partial charge on any atom is 0.196 e. The molecule has 0 radical (unpaired) electrons. The summed E-state index contributed by atoms with van der Waals surface area (Å²) in [5, 5.41) is 8.82. The van der Waals surface area contributed by atoms with Crippen LogP contribution in [0.1, 0.15) is 40.0 Å². The highest BCUT2D eigenvalue weighted by Gasteiger charge is 2.25. The van der Waals surface area contributed by atoms with Crippen LogP contribution in [0.5, 0.6) is 0 Å². The van der Waals surface area contributed by atoms with E-state index in [9.17, 15) is 9.59 Å². The Labute approximate surface area is 102 Å². The Morgan fingerprint density at radius 2 is 1.94 bits per heavy atom. The number of Topliss-reactive ketones (excluding diaryl/α,β-unsaturated/α-hetero) is 1. The van der Waals surface area contributed by atoms with Crippen molar-refractivity contribution < 1.29 is 14.7 Å². The van der Waals surface area contributed by atoms with Gasteiger partial charge in [0.1, 0.15) is 5.78 Å². The average Bonchev–Trinajstić information content (AvgIpc) is 2.16. The van der Waals surface area contributed by atoms with Crippen molar-refractivity contribution in [3.8, 4) is 0 Å². The summed E-state index contributed by atoms with van der Waals surface area (Å²) in [5.74, 6) is -0.108. The minimum atomic E-state index is -0.113. The highest BCUT2D eigenvalue weighted by molar-refractivity contribution is 8.13. The third-order valence-corrected chi connectivity index (χ3v) is 3.34. The van der Waals surface area contributed by atoms with E-state index < -0.39 is 0 Å². The Morgan fingerprint density at radius 3 is 2.38 bits per heavy atom. The zero-order valence-corrected chi connectivity index (χ0v) is 11.4. The van der Waals surface area contributed by atoms with Gasteiger partial charge in [-0.05, 0) is 24.5 Å². The van der Waals surface area contributed by atoms with Gasteiger partial charge in [0.2, 0.25) is 0 Å². The number of ketones is 1. The van der Waals surface area contributed by atoms with Crippen LogP contribution in [0.3, 0.4) is 0 Å². The molecule has 0 saturated heterocycles. The lowest BCUT2D eigenvalue weighted by Gasteiger charge is -2.26. The maximum absolute atomic E-state index is 11.7. The van der Waals surface area contributed by atoms with Gasteiger partial charge < -0.3 is 5.11 Å². The maximum atomic E-state index is 11.7. The number of thioether (sulfide) groups is 1. The first kappa shape index (κ1) is 15.7. The highest BCUT2D eigenvalue weighted by atomic mass is 32.2. The standard InChI is InChI=1S/C12H22O3S/c1-9(8-12(2,3)5-6-13)10(14)7-11(15)16-4/h9,13H,5-8H2,1-4H3. The number of carbonyl (C=O) groups is 2. The van der Waals surface area contributed by atoms with Crippen LogP contribution in [-0.4, -0.2) is 28.9 Å². The smallest absolute Gasteiger partial charge is 0.196 e. The molecular formula is C12H22O3S. The van der Waals surface area contributed by atoms with Gasteiger partial charge in [-0.25, -0.2) is 0 Å². The van der Waals surface area contributed by atoms with E-state index in [1.165, 1.54) is 0 Å². The molecule has 0 spiro atoms. The molecule has 0 aliphatic heterocycles. The Bertz CT molecular complexity index is 249. The highest BCUT2D eigenvalue weighted by Crippen LogP contribution is 2.29. The molecule has 0 aromatic carbocycles. The van der Waals surface area contributed by atoms with Crippen LogP contribution in [0.25, 0.3) is 0 Å². The van der Waals surface area contributed by atoms with Crippen LogP contribution in [0.4, 0.5) is 0 Å². The number of hydrogen-bond donors (Lipinski definition) is 1. The zero-order valence-electron chi connectivity index (χ0n) is 10.6. The number of carbonyl (C=O) groups excluding carboxylic acids is 2. The first-order valence-electron chi connectivity index (χ1n) is 5.53. The largest absolute Gasteiger partial charge is 0.396 e. The van der Waals surface area contributed by atoms with Crippen molar-refractivity contribution in [2.45, 2.75) is 40.0 Å². The third kappa shape index (κ3) is 6.28. The summed E-state index contributed by atoms with van der Waals surface area (Å²) < 4.78 is 0. The van der Waals surface area contributed by atoms with Crippen LogP contribution in [0, 0.1) is 11.3 Å². The van der Waals surface area contributed by atoms with Crippen molar-refractivity contribution >= 4 is 22.7 Å². The molecule has 4 heteroatoms. The van der Waals surface area contributed by atoms with Crippen LogP contribution in [-0.2, 0) is 9.59 Å². The van der Waals surface area contributed by atoms with Gasteiger partial charge in [0.05, 0.1) is 6.42 Å². The van der Waals surface area contributed by atoms with E-state index >= 15 is 0 Å². The lowest BCUT2D eigenvalue weighted by Crippen LogP contribution is -2.23. The molecule has 0 amide bonds. The van der Waals surface area contributed by atoms with E-state index in [4.69, 9.17) is 5.11 Å². The van der Waals surface area contributed by atoms with Gasteiger partial charge in [0, 0.05) is 12.5 Å². The molecule has 1 atom stereocenters. The van der Waals surface area contributed by atoms with Gasteiger partial charge in [-0.15, -0.1) is 0 Å². The SMILES string of the molecule is CSC(=O)CC(=O)C(C)CC(C)(C)CCO. The lowest BCUT2D eigenvalue weighted by molar-refractivity contribution is -0.126. The summed E-state index contributed by atoms with van der Waals surface area (Å²) in [4.78, 5) is 22.8. The number of hydrogen-bond acceptors (Lipinski definition) is 4. The molecule has 16 heavy (non-hydrogen) atoms. The summed E-state index contributed by atoms with van der Waals surface area (Å²) in [6.45, 7) is 6.06. The van der Waals surface area contributed by atoms with E-state index in [0.29, 0.717) is 12.8 Å². The first-order valence-corrected chi connectivity index (χ1v) is 6.75. The first-order chi connectivity index (χ1) is 7.32. The molecule has 0 heterocycles. The molecule has 0 bridgehead atoms. The van der Waals surface area contributed by atoms with Crippen LogP contribution in [0.15, 0.2) is 0 Å². The monoisotopic (exact) mass is 246 g/mol. The van der Waals surface area contributed by atoms with Gasteiger partial charge in [-0.1, -0.05) is 32.5 Å². The molecule has 1 N–H and O–H groups in total. The van der Waals surface area contributed by atoms with E-state index in [2.05, 4.69) is 0 Å². The minimum Gasteiger partial charge on any atom is -0.396 e. The van der Waals surface area contributed by atoms with E-state index in [1.54, 1.807) is 6.26 Å². The zero-order chi connectivity index (χ0) is 12.8. The van der Waals surface area contributed by atoms with Crippen molar-refractivity contribution in [1.29, 1.82) is 0 Å². The molecule has 0 aromatic rings. The summed E-state index contributed by atoms with van der Waals surface area (Å²) in [7, 11) is 0. The second-order valence-corrected chi connectivity index (χ2v) is 5.83. The van der Waals surface area contributed by atoms with Crippen LogP contribution >= 0.6 is 11.8 Å². The molecule has 3 nitrogen and oxygen atoms in total. The normalized spacial score (nSPS) is 13.6. The fourth-order valence-electron chi connectivity index (χ4n) is 1.74. The molecule has 0 aliphatic rings. The van der Waals surface area contributed by atoms with Crippen molar-refractivity contribution in [1.82, 2.24) is 0 Å². The van der Waals surface area contributed by atoms with E-state index in [0.717, 1.165) is 11.8 Å². The Hall–Kier alpha value is -0.350. The summed E-state index contributed by atoms with van der Waals surface area (Å²) in [5.41, 5.74) is -0.0494. The quantitative estimate of drug-likeness (QED) is 0.700. The Balaban J connectivity index is 4.19. The van der Waals surface area contributed by atoms with Crippen molar-refractivity contribution in [2.24, 2.45) is 11.3 Å². The second kappa shape index (κ2) is 7.07. The van der Waals surface area contributed by atoms with Gasteiger partial charge in [0.15, 0.2) is 5.12 Å². The predicted octanol–water partition coefficient (Wildman–Crippen LogP) is 2.27. The third-order valence-electron chi connectivity index (χ3n) is 2.74. The van der Waals surface area contributed by atoms with Crippen molar-refractivity contribution in [2.75, 3.05) is 12.9 Å². The number of aliphatic hydroxyl groups excluding tert-OH is 1. The molecule has 0 aromatic heterocycles. The minimum absolute atomic E-state index is 0.00497. The number of aliphatic hydroxyl groups is 1. The van der Waals surface area contributed by atoms with Crippen LogP contribution in [0.2, 0.25) is 0 Å². The van der Waals surface area contributed by atoms with Gasteiger partial charge in [-0.2, -0.15) is 0 Å². The Morgan fingerprint density at radius 1 is 1.38 bits per heavy atom. The summed E-state index contributed by atoms with van der Waals surface area (Å²) >= 11 is 1.10. The van der Waals surface area contributed by atoms with Gasteiger partial charge in [-0.3, -0.25) is 9.59 Å². The van der Waals surface area contributed by atoms with E-state index in [1.807, 2.05) is 20.8 Å². The van der Waals surface area contributed by atoms with Crippen LogP contribution < -0.4 is 0 Å². The van der Waals surface area contributed by atoms with Gasteiger partial charge >= 0.3 is 0 Å². The molecule has 0 saturated carbocycles. The molecule has 0 aliphatic carbocycles. The lowest BCUT2D eigenvalue weighted by atomic mass is 9.79. The second-order valence-electron chi connectivity index (χ2n) is 4.96. The van der Waals surface area contributed by atoms with Gasteiger partial charge in [0.25, 0.3) is 0 Å². The Kier molecular flexibility index (Phi) is 6.91. The molecule has 0 fully saturated rings. The summed E-state index contributed by atoms with van der Waals surface area (Å²) in [6, 6.07) is 0. The fourth-order valence-corrected chi connectivity index (χ4v) is 2.02. The number of rotatable bonds is 7. The van der Waals surface area contributed by atoms with Crippen molar-refractivity contribution in [3.05, 3.63) is 0 Å². The van der Waals surface area contributed by atoms with E-state index in [-0.39, 0.29) is 35.3 Å². The van der Waals surface area contributed by atoms with Crippen molar-refractivity contribution in [3.63, 3.8) is 0 Å². The fraction of sp³-hybridized carbons (Fsp3) is 0.833. The molecule has 94 valence electrons. The topological polar surface area (TPSA) is 54.4 Å². The molecular weight excluding hydrogens is 224 g/mol. The molecule has 0 rings (SSSR count).